The lowest BCUT2D eigenvalue weighted by atomic mass is 9.91. The maximum atomic E-state index is 13.3. The molecule has 0 bridgehead atoms. The summed E-state index contributed by atoms with van der Waals surface area (Å²) in [6.07, 6.45) is 2.98. The number of piperidine rings is 1. The molecule has 1 fully saturated rings. The van der Waals surface area contributed by atoms with Crippen LogP contribution in [0, 0.1) is 5.82 Å². The van der Waals surface area contributed by atoms with E-state index in [1.807, 2.05) is 6.07 Å². The van der Waals surface area contributed by atoms with Crippen LogP contribution in [0.4, 0.5) is 4.39 Å². The minimum atomic E-state index is -0.298. The summed E-state index contributed by atoms with van der Waals surface area (Å²) in [5.74, 6) is 0.977. The lowest BCUT2D eigenvalue weighted by Gasteiger charge is -2.31. The first kappa shape index (κ1) is 22.1. The molecule has 6 nitrogen and oxygen atoms in total. The van der Waals surface area contributed by atoms with E-state index in [9.17, 15) is 9.50 Å². The Labute approximate surface area is 175 Å². The van der Waals surface area contributed by atoms with Gasteiger partial charge in [-0.1, -0.05) is 11.2 Å². The van der Waals surface area contributed by atoms with Crippen molar-refractivity contribution in [3.05, 3.63) is 54.0 Å². The number of fused-ring (bicyclic) bond motifs is 1. The maximum Gasteiger partial charge on any atom is 0.170 e. The molecule has 1 aliphatic rings. The number of aromatic nitrogens is 1. The average Bonchev–Trinajstić information content (AvgIpc) is 3.15. The molecular weight excluding hydrogens is 387 g/mol. The fourth-order valence-electron chi connectivity index (χ4n) is 3.71. The molecule has 30 heavy (non-hydrogen) atoms. The first-order chi connectivity index (χ1) is 14.6. The van der Waals surface area contributed by atoms with Crippen LogP contribution in [0.5, 0.6) is 11.5 Å². The summed E-state index contributed by atoms with van der Waals surface area (Å²) < 4.78 is 24.3. The third-order valence-electron chi connectivity index (χ3n) is 5.14. The highest BCUT2D eigenvalue weighted by molar-refractivity contribution is 5.79. The summed E-state index contributed by atoms with van der Waals surface area (Å²) in [5, 5.41) is 22.1. The third kappa shape index (κ3) is 5.93. The van der Waals surface area contributed by atoms with Gasteiger partial charge in [-0.3, -0.25) is 0 Å². The summed E-state index contributed by atoms with van der Waals surface area (Å²) >= 11 is 0. The second-order valence-electron chi connectivity index (χ2n) is 7.34. The van der Waals surface area contributed by atoms with E-state index in [1.165, 1.54) is 12.1 Å². The topological polar surface area (TPSA) is 79.0 Å². The molecule has 0 saturated carbocycles. The molecule has 1 aromatic heterocycles. The number of likely N-dealkylation sites (tertiary alicyclic amines) is 1. The zero-order valence-electron chi connectivity index (χ0n) is 17.3. The lowest BCUT2D eigenvalue weighted by molar-refractivity contribution is 0.190. The monoisotopic (exact) mass is 416 g/mol. The van der Waals surface area contributed by atoms with Crippen molar-refractivity contribution >= 4 is 11.0 Å². The zero-order chi connectivity index (χ0) is 21.3. The van der Waals surface area contributed by atoms with Crippen LogP contribution in [0.15, 0.2) is 47.0 Å². The molecule has 1 saturated heterocycles. The summed E-state index contributed by atoms with van der Waals surface area (Å²) in [6.45, 7) is 5.55. The van der Waals surface area contributed by atoms with Crippen molar-refractivity contribution in [1.29, 1.82) is 0 Å². The van der Waals surface area contributed by atoms with Crippen LogP contribution in [-0.4, -0.2) is 53.1 Å². The van der Waals surface area contributed by atoms with Crippen LogP contribution in [0.1, 0.15) is 37.8 Å². The number of phenols is 1. The number of halogens is 1. The molecule has 3 aromatic rings. The third-order valence-corrected chi connectivity index (χ3v) is 5.14. The Hall–Kier alpha value is -2.64. The second kappa shape index (κ2) is 10.9. The lowest BCUT2D eigenvalue weighted by Crippen LogP contribution is -2.34. The number of nitrogens with zero attached hydrogens (tertiary/aromatic N) is 2. The number of aliphatic hydroxyl groups is 1. The van der Waals surface area contributed by atoms with E-state index in [-0.39, 0.29) is 18.2 Å². The van der Waals surface area contributed by atoms with Crippen LogP contribution in [0.2, 0.25) is 0 Å². The predicted octanol–water partition coefficient (Wildman–Crippen LogP) is 4.32. The summed E-state index contributed by atoms with van der Waals surface area (Å²) in [5.41, 5.74) is 1.48. The van der Waals surface area contributed by atoms with Crippen LogP contribution in [0.3, 0.4) is 0 Å². The highest BCUT2D eigenvalue weighted by atomic mass is 19.1. The first-order valence-corrected chi connectivity index (χ1v) is 10.4. The Kier molecular flexibility index (Phi) is 8.04. The molecule has 0 spiro atoms. The number of rotatable bonds is 6. The molecule has 0 unspecified atom stereocenters. The van der Waals surface area contributed by atoms with Gasteiger partial charge in [0.25, 0.3) is 0 Å². The van der Waals surface area contributed by atoms with Gasteiger partial charge >= 0.3 is 0 Å². The maximum absolute atomic E-state index is 13.3. The van der Waals surface area contributed by atoms with Gasteiger partial charge in [0.05, 0.1) is 12.3 Å². The van der Waals surface area contributed by atoms with Gasteiger partial charge in [0, 0.05) is 36.6 Å². The SMILES string of the molecule is CCO.Oc1cccc(OCCCN2CCC(c3noc4cc(F)ccc34)CC2)c1. The largest absolute Gasteiger partial charge is 0.508 e. The minimum Gasteiger partial charge on any atom is -0.508 e. The number of benzene rings is 2. The Bertz CT molecular complexity index is 922. The molecule has 7 heteroatoms. The van der Waals surface area contributed by atoms with Gasteiger partial charge in [0.15, 0.2) is 5.58 Å². The van der Waals surface area contributed by atoms with Gasteiger partial charge < -0.3 is 24.4 Å². The second-order valence-corrected chi connectivity index (χ2v) is 7.34. The first-order valence-electron chi connectivity index (χ1n) is 10.4. The Morgan fingerprint density at radius 3 is 2.70 bits per heavy atom. The fourth-order valence-corrected chi connectivity index (χ4v) is 3.71. The number of hydrogen-bond acceptors (Lipinski definition) is 6. The highest BCUT2D eigenvalue weighted by Gasteiger charge is 2.24. The highest BCUT2D eigenvalue weighted by Crippen LogP contribution is 2.32. The Balaban J connectivity index is 0.000000806. The van der Waals surface area contributed by atoms with Gasteiger partial charge in [-0.25, -0.2) is 4.39 Å². The van der Waals surface area contributed by atoms with Gasteiger partial charge in [-0.15, -0.1) is 0 Å². The Morgan fingerprint density at radius 2 is 1.97 bits per heavy atom. The zero-order valence-corrected chi connectivity index (χ0v) is 17.3. The minimum absolute atomic E-state index is 0.220. The van der Waals surface area contributed by atoms with E-state index in [0.717, 1.165) is 50.0 Å². The van der Waals surface area contributed by atoms with E-state index in [0.29, 0.717) is 23.9 Å². The number of aliphatic hydroxyl groups excluding tert-OH is 1. The number of aromatic hydroxyl groups is 1. The normalized spacial score (nSPS) is 15.0. The molecule has 1 aliphatic heterocycles. The molecule has 0 amide bonds. The number of hydrogen-bond donors (Lipinski definition) is 2. The molecule has 0 aliphatic carbocycles. The molecule has 2 aromatic carbocycles. The summed E-state index contributed by atoms with van der Waals surface area (Å²) in [6, 6.07) is 11.5. The Morgan fingerprint density at radius 1 is 1.20 bits per heavy atom. The van der Waals surface area contributed by atoms with Crippen molar-refractivity contribution in [3.8, 4) is 11.5 Å². The molecule has 0 radical (unpaired) electrons. The van der Waals surface area contributed by atoms with Crippen molar-refractivity contribution in [3.63, 3.8) is 0 Å². The van der Waals surface area contributed by atoms with Gasteiger partial charge in [0.2, 0.25) is 0 Å². The van der Waals surface area contributed by atoms with Crippen LogP contribution < -0.4 is 4.74 Å². The van der Waals surface area contributed by atoms with Crippen molar-refractivity contribution < 1.29 is 23.9 Å². The number of ether oxygens (including phenoxy) is 1. The van der Waals surface area contributed by atoms with Crippen LogP contribution in [-0.2, 0) is 0 Å². The van der Waals surface area contributed by atoms with Crippen molar-refractivity contribution in [2.45, 2.75) is 32.1 Å². The number of phenolic OH excluding ortho intramolecular Hbond substituents is 1. The van der Waals surface area contributed by atoms with Crippen molar-refractivity contribution in [1.82, 2.24) is 10.1 Å². The molecule has 2 heterocycles. The van der Waals surface area contributed by atoms with Crippen LogP contribution >= 0.6 is 0 Å². The fraction of sp³-hybridized carbons (Fsp3) is 0.435. The van der Waals surface area contributed by atoms with E-state index in [4.69, 9.17) is 14.4 Å². The van der Waals surface area contributed by atoms with E-state index >= 15 is 0 Å². The van der Waals surface area contributed by atoms with Gasteiger partial charge in [-0.2, -0.15) is 0 Å². The van der Waals surface area contributed by atoms with E-state index in [2.05, 4.69) is 10.1 Å². The van der Waals surface area contributed by atoms with Gasteiger partial charge in [0.1, 0.15) is 17.3 Å². The quantitative estimate of drug-likeness (QED) is 0.583. The smallest absolute Gasteiger partial charge is 0.170 e. The van der Waals surface area contributed by atoms with Crippen LogP contribution in [0.25, 0.3) is 11.0 Å². The predicted molar refractivity (Wildman–Crippen MR) is 113 cm³/mol. The molecule has 2 N–H and O–H groups in total. The van der Waals surface area contributed by atoms with Crippen molar-refractivity contribution in [2.75, 3.05) is 32.8 Å². The molecular formula is C23H29FN2O4. The summed E-state index contributed by atoms with van der Waals surface area (Å²) in [7, 11) is 0. The molecule has 0 atom stereocenters. The van der Waals surface area contributed by atoms with Crippen molar-refractivity contribution in [2.24, 2.45) is 0 Å². The average molecular weight is 416 g/mol. The van der Waals surface area contributed by atoms with Gasteiger partial charge in [-0.05, 0) is 63.5 Å². The standard InChI is InChI=1S/C21H23FN2O3.C2H6O/c22-16-5-6-19-20(13-16)27-23-21(19)15-7-10-24(11-8-15)9-2-12-26-18-4-1-3-17(25)14-18;1-2-3/h1,3-6,13-15,25H,2,7-12H2;3H,2H2,1H3. The van der Waals surface area contributed by atoms with E-state index in [1.54, 1.807) is 31.2 Å². The molecule has 162 valence electrons. The summed E-state index contributed by atoms with van der Waals surface area (Å²) in [4.78, 5) is 2.43. The van der Waals surface area contributed by atoms with E-state index < -0.39 is 0 Å². The molecule has 4 rings (SSSR count).